The van der Waals surface area contributed by atoms with Gasteiger partial charge in [-0.15, -0.1) is 0 Å². The number of anilines is 1. The highest BCUT2D eigenvalue weighted by molar-refractivity contribution is 5.76. The van der Waals surface area contributed by atoms with Crippen LogP contribution in [0.4, 0.5) is 5.69 Å². The summed E-state index contributed by atoms with van der Waals surface area (Å²) < 4.78 is 0. The highest BCUT2D eigenvalue weighted by atomic mass is 16.1. The van der Waals surface area contributed by atoms with Gasteiger partial charge < -0.3 is 15.1 Å². The summed E-state index contributed by atoms with van der Waals surface area (Å²) in [5.41, 5.74) is 2.44. The number of hydrogen-bond donors (Lipinski definition) is 1. The van der Waals surface area contributed by atoms with Crippen molar-refractivity contribution in [2.45, 2.75) is 26.7 Å². The highest BCUT2D eigenvalue weighted by Gasteiger charge is 2.07. The van der Waals surface area contributed by atoms with Crippen LogP contribution in [-0.2, 0) is 4.79 Å². The molecule has 4 heteroatoms. The summed E-state index contributed by atoms with van der Waals surface area (Å²) in [4.78, 5) is 16.2. The second-order valence-corrected chi connectivity index (χ2v) is 5.68. The second-order valence-electron chi connectivity index (χ2n) is 5.68. The predicted octanol–water partition coefficient (Wildman–Crippen LogP) is 2.28. The number of hydrogen-bond acceptors (Lipinski definition) is 3. The maximum Gasteiger partial charge on any atom is 0.221 e. The van der Waals surface area contributed by atoms with Crippen molar-refractivity contribution < 1.29 is 4.79 Å². The van der Waals surface area contributed by atoms with Crippen molar-refractivity contribution in [3.8, 4) is 0 Å². The van der Waals surface area contributed by atoms with Gasteiger partial charge in [0, 0.05) is 31.7 Å². The van der Waals surface area contributed by atoms with E-state index in [9.17, 15) is 4.79 Å². The Balaban J connectivity index is 2.33. The zero-order chi connectivity index (χ0) is 15.7. The minimum atomic E-state index is 0.139. The fourth-order valence-electron chi connectivity index (χ4n) is 2.24. The van der Waals surface area contributed by atoms with Crippen LogP contribution in [0.2, 0.25) is 0 Å². The van der Waals surface area contributed by atoms with Gasteiger partial charge in [-0.3, -0.25) is 4.79 Å². The summed E-state index contributed by atoms with van der Waals surface area (Å²) in [7, 11) is 4.09. The van der Waals surface area contributed by atoms with E-state index in [0.29, 0.717) is 6.42 Å². The molecule has 0 heterocycles. The molecule has 0 bridgehead atoms. The third kappa shape index (κ3) is 7.14. The zero-order valence-electron chi connectivity index (χ0n) is 13.9. The molecule has 0 aromatic heterocycles. The lowest BCUT2D eigenvalue weighted by Crippen LogP contribution is -2.32. The summed E-state index contributed by atoms with van der Waals surface area (Å²) in [5, 5.41) is 2.99. The van der Waals surface area contributed by atoms with E-state index in [1.165, 1.54) is 11.3 Å². The van der Waals surface area contributed by atoms with Crippen molar-refractivity contribution in [1.29, 1.82) is 0 Å². The molecule has 0 saturated heterocycles. The number of amides is 1. The SMILES string of the molecule is CCN(CCC(=O)NCCCN(C)C)c1cccc(C)c1. The van der Waals surface area contributed by atoms with Crippen molar-refractivity contribution in [3.63, 3.8) is 0 Å². The Labute approximate surface area is 129 Å². The zero-order valence-corrected chi connectivity index (χ0v) is 13.9. The lowest BCUT2D eigenvalue weighted by molar-refractivity contribution is -0.120. The van der Waals surface area contributed by atoms with Gasteiger partial charge in [0.15, 0.2) is 0 Å². The quantitative estimate of drug-likeness (QED) is 0.709. The molecule has 1 N–H and O–H groups in total. The van der Waals surface area contributed by atoms with Crippen molar-refractivity contribution >= 4 is 11.6 Å². The maximum absolute atomic E-state index is 11.9. The van der Waals surface area contributed by atoms with E-state index in [1.807, 2.05) is 14.1 Å². The molecule has 0 saturated carbocycles. The first-order valence-electron chi connectivity index (χ1n) is 7.76. The summed E-state index contributed by atoms with van der Waals surface area (Å²) in [6, 6.07) is 8.42. The van der Waals surface area contributed by atoms with E-state index in [4.69, 9.17) is 0 Å². The minimum absolute atomic E-state index is 0.139. The molecule has 1 rings (SSSR count). The van der Waals surface area contributed by atoms with Crippen LogP contribution in [0.3, 0.4) is 0 Å². The van der Waals surface area contributed by atoms with Gasteiger partial charge >= 0.3 is 0 Å². The van der Waals surface area contributed by atoms with Gasteiger partial charge in [-0.05, 0) is 58.6 Å². The Morgan fingerprint density at radius 2 is 2.00 bits per heavy atom. The molecule has 0 atom stereocenters. The lowest BCUT2D eigenvalue weighted by atomic mass is 10.2. The van der Waals surface area contributed by atoms with E-state index in [0.717, 1.165) is 32.6 Å². The molecule has 0 radical (unpaired) electrons. The molecule has 0 fully saturated rings. The van der Waals surface area contributed by atoms with Crippen LogP contribution in [-0.4, -0.2) is 51.1 Å². The van der Waals surface area contributed by atoms with Crippen molar-refractivity contribution in [1.82, 2.24) is 10.2 Å². The standard InChI is InChI=1S/C17H29N3O/c1-5-20(16-9-6-8-15(2)14-16)13-10-17(21)18-11-7-12-19(3)4/h6,8-9,14H,5,7,10-13H2,1-4H3,(H,18,21). The average molecular weight is 291 g/mol. The van der Waals surface area contributed by atoms with Gasteiger partial charge in [-0.2, -0.15) is 0 Å². The van der Waals surface area contributed by atoms with E-state index < -0.39 is 0 Å². The van der Waals surface area contributed by atoms with Gasteiger partial charge in [-0.25, -0.2) is 0 Å². The van der Waals surface area contributed by atoms with Crippen LogP contribution in [0.5, 0.6) is 0 Å². The Morgan fingerprint density at radius 1 is 1.24 bits per heavy atom. The van der Waals surface area contributed by atoms with Crippen molar-refractivity contribution in [2.75, 3.05) is 45.2 Å². The number of carbonyl (C=O) groups excluding carboxylic acids is 1. The summed E-state index contributed by atoms with van der Waals surface area (Å²) in [6.45, 7) is 7.65. The molecule has 1 amide bonds. The third-order valence-electron chi connectivity index (χ3n) is 3.46. The topological polar surface area (TPSA) is 35.6 Å². The van der Waals surface area contributed by atoms with Gasteiger partial charge in [0.1, 0.15) is 0 Å². The first-order chi connectivity index (χ1) is 10.0. The Hall–Kier alpha value is -1.55. The van der Waals surface area contributed by atoms with Gasteiger partial charge in [-0.1, -0.05) is 12.1 Å². The molecule has 1 aromatic carbocycles. The van der Waals surface area contributed by atoms with E-state index in [2.05, 4.69) is 53.2 Å². The minimum Gasteiger partial charge on any atom is -0.371 e. The molecule has 0 aliphatic rings. The number of benzene rings is 1. The second kappa shape index (κ2) is 9.40. The van der Waals surface area contributed by atoms with Crippen LogP contribution in [0, 0.1) is 6.92 Å². The Kier molecular flexibility index (Phi) is 7.83. The summed E-state index contributed by atoms with van der Waals surface area (Å²) >= 11 is 0. The number of carbonyl (C=O) groups is 1. The summed E-state index contributed by atoms with van der Waals surface area (Å²) in [6.07, 6.45) is 1.54. The maximum atomic E-state index is 11.9. The molecule has 21 heavy (non-hydrogen) atoms. The monoisotopic (exact) mass is 291 g/mol. The molecule has 118 valence electrons. The first kappa shape index (κ1) is 17.5. The fraction of sp³-hybridized carbons (Fsp3) is 0.588. The van der Waals surface area contributed by atoms with E-state index in [-0.39, 0.29) is 5.91 Å². The number of aryl methyl sites for hydroxylation is 1. The average Bonchev–Trinajstić information content (AvgIpc) is 2.44. The normalized spacial score (nSPS) is 10.7. The van der Waals surface area contributed by atoms with Gasteiger partial charge in [0.2, 0.25) is 5.91 Å². The molecule has 1 aromatic rings. The number of nitrogens with one attached hydrogen (secondary N) is 1. The van der Waals surface area contributed by atoms with Crippen LogP contribution < -0.4 is 10.2 Å². The van der Waals surface area contributed by atoms with Crippen molar-refractivity contribution in [2.24, 2.45) is 0 Å². The van der Waals surface area contributed by atoms with Crippen LogP contribution in [0.25, 0.3) is 0 Å². The molecule has 0 unspecified atom stereocenters. The van der Waals surface area contributed by atoms with Crippen molar-refractivity contribution in [3.05, 3.63) is 29.8 Å². The van der Waals surface area contributed by atoms with Gasteiger partial charge in [0.05, 0.1) is 0 Å². The largest absolute Gasteiger partial charge is 0.371 e. The third-order valence-corrected chi connectivity index (χ3v) is 3.46. The van der Waals surface area contributed by atoms with E-state index in [1.54, 1.807) is 0 Å². The highest BCUT2D eigenvalue weighted by Crippen LogP contribution is 2.15. The molecule has 0 aliphatic heterocycles. The van der Waals surface area contributed by atoms with Crippen LogP contribution in [0.15, 0.2) is 24.3 Å². The Morgan fingerprint density at radius 3 is 2.62 bits per heavy atom. The molecule has 0 aliphatic carbocycles. The molecular weight excluding hydrogens is 262 g/mol. The lowest BCUT2D eigenvalue weighted by Gasteiger charge is -2.23. The van der Waals surface area contributed by atoms with Gasteiger partial charge in [0.25, 0.3) is 0 Å². The van der Waals surface area contributed by atoms with Crippen LogP contribution in [0.1, 0.15) is 25.3 Å². The first-order valence-corrected chi connectivity index (χ1v) is 7.76. The predicted molar refractivity (Wildman–Crippen MR) is 89.9 cm³/mol. The smallest absolute Gasteiger partial charge is 0.221 e. The number of nitrogens with zero attached hydrogens (tertiary/aromatic N) is 2. The molecular formula is C17H29N3O. The van der Waals surface area contributed by atoms with Crippen LogP contribution >= 0.6 is 0 Å². The molecule has 0 spiro atoms. The fourth-order valence-corrected chi connectivity index (χ4v) is 2.24. The number of rotatable bonds is 9. The molecule has 4 nitrogen and oxygen atoms in total. The summed E-state index contributed by atoms with van der Waals surface area (Å²) in [5.74, 6) is 0.139. The Bertz CT molecular complexity index is 432. The van der Waals surface area contributed by atoms with E-state index >= 15 is 0 Å².